The maximum absolute atomic E-state index is 11.5. The van der Waals surface area contributed by atoms with E-state index in [9.17, 15) is 8.42 Å². The van der Waals surface area contributed by atoms with E-state index in [0.717, 1.165) is 5.56 Å². The van der Waals surface area contributed by atoms with Crippen molar-refractivity contribution < 1.29 is 8.42 Å². The Kier molecular flexibility index (Phi) is 3.84. The predicted molar refractivity (Wildman–Crippen MR) is 75.0 cm³/mol. The highest BCUT2D eigenvalue weighted by Gasteiger charge is 2.22. The lowest BCUT2D eigenvalue weighted by Crippen LogP contribution is -2.05. The molecule has 20 heavy (non-hydrogen) atoms. The summed E-state index contributed by atoms with van der Waals surface area (Å²) in [6, 6.07) is 9.14. The van der Waals surface area contributed by atoms with Crippen LogP contribution in [0.2, 0.25) is 0 Å². The largest absolute Gasteiger partial charge is 0.264 e. The number of halogens is 1. The van der Waals surface area contributed by atoms with Crippen molar-refractivity contribution in [1.82, 2.24) is 9.78 Å². The van der Waals surface area contributed by atoms with Crippen LogP contribution in [0.15, 0.2) is 29.2 Å². The third kappa shape index (κ3) is 2.84. The first kappa shape index (κ1) is 14.6. The van der Waals surface area contributed by atoms with Gasteiger partial charge < -0.3 is 0 Å². The van der Waals surface area contributed by atoms with Gasteiger partial charge in [-0.1, -0.05) is 12.1 Å². The second-order valence-electron chi connectivity index (χ2n) is 4.41. The molecule has 0 aliphatic carbocycles. The van der Waals surface area contributed by atoms with E-state index < -0.39 is 9.05 Å². The van der Waals surface area contributed by atoms with Crippen molar-refractivity contribution in [3.63, 3.8) is 0 Å². The Bertz CT molecular complexity index is 804. The molecule has 0 bridgehead atoms. The standard InChI is InChI=1S/C13H12ClN3O2S/c1-9-13(20(14,18)19)10(2)17(16-9)8-12-5-3-4-11(6-12)7-15/h3-6H,8H2,1-2H3. The number of hydrogen-bond donors (Lipinski definition) is 0. The van der Waals surface area contributed by atoms with Crippen molar-refractivity contribution in [3.8, 4) is 6.07 Å². The summed E-state index contributed by atoms with van der Waals surface area (Å²) in [5.74, 6) is 0. The van der Waals surface area contributed by atoms with Crippen LogP contribution in [0, 0.1) is 25.2 Å². The molecule has 2 aromatic rings. The van der Waals surface area contributed by atoms with Crippen molar-refractivity contribution in [2.45, 2.75) is 25.3 Å². The second kappa shape index (κ2) is 5.27. The molecule has 0 spiro atoms. The average molecular weight is 310 g/mol. The van der Waals surface area contributed by atoms with Crippen LogP contribution in [0.4, 0.5) is 0 Å². The monoisotopic (exact) mass is 309 g/mol. The van der Waals surface area contributed by atoms with E-state index in [4.69, 9.17) is 15.9 Å². The van der Waals surface area contributed by atoms with Gasteiger partial charge in [0.05, 0.1) is 29.6 Å². The average Bonchev–Trinajstić information content (AvgIpc) is 2.64. The highest BCUT2D eigenvalue weighted by Crippen LogP contribution is 2.23. The first-order valence-electron chi connectivity index (χ1n) is 5.80. The van der Waals surface area contributed by atoms with Crippen molar-refractivity contribution in [1.29, 1.82) is 5.26 Å². The molecular weight excluding hydrogens is 298 g/mol. The zero-order valence-electron chi connectivity index (χ0n) is 11.0. The molecule has 7 heteroatoms. The molecular formula is C13H12ClN3O2S. The van der Waals surface area contributed by atoms with Gasteiger partial charge in [0.25, 0.3) is 9.05 Å². The van der Waals surface area contributed by atoms with E-state index in [0.29, 0.717) is 23.5 Å². The van der Waals surface area contributed by atoms with Crippen molar-refractivity contribution in [2.24, 2.45) is 0 Å². The zero-order valence-corrected chi connectivity index (χ0v) is 12.5. The summed E-state index contributed by atoms with van der Waals surface area (Å²) in [5.41, 5.74) is 2.27. The quantitative estimate of drug-likeness (QED) is 0.816. The molecule has 2 rings (SSSR count). The smallest absolute Gasteiger partial charge is 0.264 e. The number of nitrogens with zero attached hydrogens (tertiary/aromatic N) is 3. The summed E-state index contributed by atoms with van der Waals surface area (Å²) in [7, 11) is 1.60. The number of rotatable bonds is 3. The highest BCUT2D eigenvalue weighted by atomic mass is 35.7. The SMILES string of the molecule is Cc1nn(Cc2cccc(C#N)c2)c(C)c1S(=O)(=O)Cl. The van der Waals surface area contributed by atoms with Crippen LogP contribution in [0.25, 0.3) is 0 Å². The maximum Gasteiger partial charge on any atom is 0.264 e. The number of benzene rings is 1. The molecule has 104 valence electrons. The Labute approximate surface area is 121 Å². The Morgan fingerprint density at radius 3 is 2.65 bits per heavy atom. The molecule has 0 aliphatic heterocycles. The number of hydrogen-bond acceptors (Lipinski definition) is 4. The normalized spacial score (nSPS) is 11.3. The minimum Gasteiger partial charge on any atom is -0.264 e. The van der Waals surface area contributed by atoms with Gasteiger partial charge in [-0.2, -0.15) is 10.4 Å². The van der Waals surface area contributed by atoms with E-state index in [1.54, 1.807) is 36.7 Å². The molecule has 0 atom stereocenters. The minimum atomic E-state index is -3.81. The van der Waals surface area contributed by atoms with Gasteiger partial charge in [-0.05, 0) is 31.5 Å². The molecule has 0 N–H and O–H groups in total. The number of aryl methyl sites for hydroxylation is 1. The molecule has 5 nitrogen and oxygen atoms in total. The maximum atomic E-state index is 11.5. The number of aromatic nitrogens is 2. The predicted octanol–water partition coefficient (Wildman–Crippen LogP) is 2.35. The Morgan fingerprint density at radius 2 is 2.10 bits per heavy atom. The second-order valence-corrected chi connectivity index (χ2v) is 6.91. The van der Waals surface area contributed by atoms with E-state index in [1.165, 1.54) is 0 Å². The fourth-order valence-corrected chi connectivity index (χ4v) is 3.62. The molecule has 0 aliphatic rings. The fourth-order valence-electron chi connectivity index (χ4n) is 2.10. The van der Waals surface area contributed by atoms with Crippen LogP contribution < -0.4 is 0 Å². The fraction of sp³-hybridized carbons (Fsp3) is 0.231. The van der Waals surface area contributed by atoms with Crippen LogP contribution in [-0.4, -0.2) is 18.2 Å². The van der Waals surface area contributed by atoms with Crippen molar-refractivity contribution >= 4 is 19.7 Å². The third-order valence-electron chi connectivity index (χ3n) is 2.95. The van der Waals surface area contributed by atoms with Crippen molar-refractivity contribution in [3.05, 3.63) is 46.8 Å². The van der Waals surface area contributed by atoms with E-state index in [1.807, 2.05) is 6.07 Å². The molecule has 1 heterocycles. The van der Waals surface area contributed by atoms with Gasteiger partial charge >= 0.3 is 0 Å². The van der Waals surface area contributed by atoms with Crippen LogP contribution in [-0.2, 0) is 15.6 Å². The van der Waals surface area contributed by atoms with Crippen molar-refractivity contribution in [2.75, 3.05) is 0 Å². The molecule has 1 aromatic carbocycles. The highest BCUT2D eigenvalue weighted by molar-refractivity contribution is 8.13. The minimum absolute atomic E-state index is 0.0515. The van der Waals surface area contributed by atoms with Crippen LogP contribution >= 0.6 is 10.7 Å². The zero-order chi connectivity index (χ0) is 14.9. The van der Waals surface area contributed by atoms with Gasteiger partial charge in [-0.15, -0.1) is 0 Å². The first-order chi connectivity index (χ1) is 9.32. The number of nitriles is 1. The molecule has 0 saturated carbocycles. The van der Waals surface area contributed by atoms with Gasteiger partial charge in [0, 0.05) is 10.7 Å². The van der Waals surface area contributed by atoms with E-state index in [-0.39, 0.29) is 4.90 Å². The van der Waals surface area contributed by atoms with Gasteiger partial charge in [0.2, 0.25) is 0 Å². The molecule has 0 radical (unpaired) electrons. The summed E-state index contributed by atoms with van der Waals surface area (Å²) in [5, 5.41) is 13.1. The van der Waals surface area contributed by atoms with E-state index in [2.05, 4.69) is 11.2 Å². The summed E-state index contributed by atoms with van der Waals surface area (Å²) < 4.78 is 24.6. The molecule has 0 fully saturated rings. The topological polar surface area (TPSA) is 75.8 Å². The van der Waals surface area contributed by atoms with Gasteiger partial charge in [-0.3, -0.25) is 4.68 Å². The third-order valence-corrected chi connectivity index (χ3v) is 4.49. The lowest BCUT2D eigenvalue weighted by Gasteiger charge is -2.05. The Morgan fingerprint density at radius 1 is 1.40 bits per heavy atom. The molecule has 0 saturated heterocycles. The lowest BCUT2D eigenvalue weighted by molar-refractivity contribution is 0.607. The van der Waals surface area contributed by atoms with E-state index >= 15 is 0 Å². The molecule has 0 unspecified atom stereocenters. The first-order valence-corrected chi connectivity index (χ1v) is 8.11. The van der Waals surface area contributed by atoms with Gasteiger partial charge in [0.15, 0.2) is 0 Å². The van der Waals surface area contributed by atoms with Crippen LogP contribution in [0.5, 0.6) is 0 Å². The van der Waals surface area contributed by atoms with Gasteiger partial charge in [-0.25, -0.2) is 8.42 Å². The summed E-state index contributed by atoms with van der Waals surface area (Å²) in [6.45, 7) is 3.64. The Balaban J connectivity index is 2.43. The van der Waals surface area contributed by atoms with Crippen LogP contribution in [0.1, 0.15) is 22.5 Å². The molecule has 0 amide bonds. The van der Waals surface area contributed by atoms with Crippen LogP contribution in [0.3, 0.4) is 0 Å². The summed E-state index contributed by atoms with van der Waals surface area (Å²) >= 11 is 0. The lowest BCUT2D eigenvalue weighted by atomic mass is 10.1. The molecule has 1 aromatic heterocycles. The summed E-state index contributed by atoms with van der Waals surface area (Å²) in [4.78, 5) is 0.0515. The Hall–Kier alpha value is -1.84. The van der Waals surface area contributed by atoms with Gasteiger partial charge in [0.1, 0.15) is 4.90 Å². The summed E-state index contributed by atoms with van der Waals surface area (Å²) in [6.07, 6.45) is 0.